The quantitative estimate of drug-likeness (QED) is 0.874. The van der Waals surface area contributed by atoms with E-state index in [0.717, 1.165) is 12.8 Å². The Morgan fingerprint density at radius 1 is 1.30 bits per heavy atom. The summed E-state index contributed by atoms with van der Waals surface area (Å²) in [6, 6.07) is 4.79. The number of methoxy groups -OCH3 is 1. The van der Waals surface area contributed by atoms with Gasteiger partial charge in [-0.25, -0.2) is 13.1 Å². The molecule has 0 heterocycles. The van der Waals surface area contributed by atoms with Crippen LogP contribution in [-0.4, -0.2) is 22.1 Å². The van der Waals surface area contributed by atoms with Crippen molar-refractivity contribution in [2.75, 3.05) is 13.7 Å². The van der Waals surface area contributed by atoms with Gasteiger partial charge < -0.3 is 4.74 Å². The lowest BCUT2D eigenvalue weighted by Crippen LogP contribution is -2.30. The second-order valence-corrected chi connectivity index (χ2v) is 7.77. The van der Waals surface area contributed by atoms with Crippen LogP contribution in [0.5, 0.6) is 5.75 Å². The van der Waals surface area contributed by atoms with Gasteiger partial charge in [0.15, 0.2) is 0 Å². The lowest BCUT2D eigenvalue weighted by atomic mass is 9.90. The van der Waals surface area contributed by atoms with Crippen molar-refractivity contribution in [1.29, 1.82) is 0 Å². The molecule has 6 heteroatoms. The standard InChI is InChI=1S/C14H20BrNO3S/c1-19-14-8-7-12(9-13(14)15)20(17,18)16-10-11-5-3-2-4-6-11/h7-9,11,16H,2-6,10H2,1H3. The molecule has 1 aliphatic carbocycles. The second kappa shape index (κ2) is 6.91. The van der Waals surface area contributed by atoms with Gasteiger partial charge in [-0.3, -0.25) is 0 Å². The van der Waals surface area contributed by atoms with E-state index in [4.69, 9.17) is 4.74 Å². The summed E-state index contributed by atoms with van der Waals surface area (Å²) in [4.78, 5) is 0.265. The summed E-state index contributed by atoms with van der Waals surface area (Å²) in [5, 5.41) is 0. The summed E-state index contributed by atoms with van der Waals surface area (Å²) >= 11 is 3.31. The summed E-state index contributed by atoms with van der Waals surface area (Å²) in [7, 11) is -1.89. The average Bonchev–Trinajstić information content (AvgIpc) is 2.46. The zero-order valence-electron chi connectivity index (χ0n) is 11.6. The molecule has 4 nitrogen and oxygen atoms in total. The largest absolute Gasteiger partial charge is 0.496 e. The number of nitrogens with one attached hydrogen (secondary N) is 1. The van der Waals surface area contributed by atoms with Gasteiger partial charge in [0.25, 0.3) is 0 Å². The number of halogens is 1. The fourth-order valence-corrected chi connectivity index (χ4v) is 4.35. The van der Waals surface area contributed by atoms with Gasteiger partial charge in [-0.1, -0.05) is 19.3 Å². The molecule has 0 saturated heterocycles. The molecule has 0 unspecified atom stereocenters. The molecule has 1 aromatic carbocycles. The fourth-order valence-electron chi connectivity index (χ4n) is 2.52. The van der Waals surface area contributed by atoms with E-state index in [2.05, 4.69) is 20.7 Å². The molecule has 0 amide bonds. The van der Waals surface area contributed by atoms with E-state index >= 15 is 0 Å². The maximum absolute atomic E-state index is 12.3. The Bertz CT molecular complexity index is 554. The Labute approximate surface area is 129 Å². The molecule has 1 N–H and O–H groups in total. The normalized spacial score (nSPS) is 17.1. The van der Waals surface area contributed by atoms with Crippen molar-refractivity contribution in [1.82, 2.24) is 4.72 Å². The summed E-state index contributed by atoms with van der Waals surface area (Å²) in [6.07, 6.45) is 5.93. The maximum Gasteiger partial charge on any atom is 0.240 e. The molecule has 1 aliphatic rings. The predicted molar refractivity (Wildman–Crippen MR) is 82.5 cm³/mol. The van der Waals surface area contributed by atoms with E-state index in [1.807, 2.05) is 0 Å². The molecular formula is C14H20BrNO3S. The van der Waals surface area contributed by atoms with Gasteiger partial charge in [0, 0.05) is 6.54 Å². The van der Waals surface area contributed by atoms with Crippen molar-refractivity contribution in [3.05, 3.63) is 22.7 Å². The van der Waals surface area contributed by atoms with Crippen LogP contribution in [0.4, 0.5) is 0 Å². The summed E-state index contributed by atoms with van der Waals surface area (Å²) in [5.41, 5.74) is 0. The van der Waals surface area contributed by atoms with Gasteiger partial charge in [0.1, 0.15) is 5.75 Å². The zero-order chi connectivity index (χ0) is 14.6. The molecule has 0 aliphatic heterocycles. The van der Waals surface area contributed by atoms with Crippen LogP contribution in [0.25, 0.3) is 0 Å². The lowest BCUT2D eigenvalue weighted by Gasteiger charge is -2.21. The van der Waals surface area contributed by atoms with Crippen LogP contribution in [0.15, 0.2) is 27.6 Å². The molecule has 1 aromatic rings. The topological polar surface area (TPSA) is 55.4 Å². The monoisotopic (exact) mass is 361 g/mol. The maximum atomic E-state index is 12.3. The number of hydrogen-bond acceptors (Lipinski definition) is 3. The number of sulfonamides is 1. The van der Waals surface area contributed by atoms with Crippen molar-refractivity contribution in [3.63, 3.8) is 0 Å². The Morgan fingerprint density at radius 2 is 2.00 bits per heavy atom. The molecule has 1 saturated carbocycles. The van der Waals surface area contributed by atoms with Crippen LogP contribution >= 0.6 is 15.9 Å². The third kappa shape index (κ3) is 3.96. The van der Waals surface area contributed by atoms with Crippen molar-refractivity contribution in [2.24, 2.45) is 5.92 Å². The smallest absolute Gasteiger partial charge is 0.240 e. The van der Waals surface area contributed by atoms with Crippen LogP contribution in [0, 0.1) is 5.92 Å². The Hall–Kier alpha value is -0.590. The van der Waals surface area contributed by atoms with Gasteiger partial charge in [-0.05, 0) is 52.9 Å². The molecule has 2 rings (SSSR count). The van der Waals surface area contributed by atoms with Crippen molar-refractivity contribution in [2.45, 2.75) is 37.0 Å². The lowest BCUT2D eigenvalue weighted by molar-refractivity contribution is 0.357. The second-order valence-electron chi connectivity index (χ2n) is 5.15. The highest BCUT2D eigenvalue weighted by molar-refractivity contribution is 9.10. The van der Waals surface area contributed by atoms with Crippen LogP contribution in [-0.2, 0) is 10.0 Å². The summed E-state index contributed by atoms with van der Waals surface area (Å²) in [6.45, 7) is 0.534. The number of ether oxygens (including phenoxy) is 1. The third-order valence-electron chi connectivity index (χ3n) is 3.72. The first-order valence-electron chi connectivity index (χ1n) is 6.86. The zero-order valence-corrected chi connectivity index (χ0v) is 14.0. The average molecular weight is 362 g/mol. The molecule has 1 fully saturated rings. The van der Waals surface area contributed by atoms with E-state index in [1.165, 1.54) is 19.3 Å². The van der Waals surface area contributed by atoms with Gasteiger partial charge in [0.2, 0.25) is 10.0 Å². The minimum absolute atomic E-state index is 0.265. The van der Waals surface area contributed by atoms with Gasteiger partial charge >= 0.3 is 0 Å². The summed E-state index contributed by atoms with van der Waals surface area (Å²) in [5.74, 6) is 1.09. The van der Waals surface area contributed by atoms with Gasteiger partial charge in [0.05, 0.1) is 16.5 Å². The highest BCUT2D eigenvalue weighted by atomic mass is 79.9. The molecule has 20 heavy (non-hydrogen) atoms. The van der Waals surface area contributed by atoms with E-state index in [0.29, 0.717) is 22.7 Å². The summed E-state index contributed by atoms with van der Waals surface area (Å²) < 4.78 is 33.0. The Kier molecular flexibility index (Phi) is 5.46. The minimum atomic E-state index is -3.44. The first kappa shape index (κ1) is 15.8. The van der Waals surface area contributed by atoms with Crippen LogP contribution < -0.4 is 9.46 Å². The molecular weight excluding hydrogens is 342 g/mol. The van der Waals surface area contributed by atoms with Crippen LogP contribution in [0.1, 0.15) is 32.1 Å². The van der Waals surface area contributed by atoms with Crippen molar-refractivity contribution in [3.8, 4) is 5.75 Å². The Morgan fingerprint density at radius 3 is 2.60 bits per heavy atom. The molecule has 0 atom stereocenters. The van der Waals surface area contributed by atoms with E-state index < -0.39 is 10.0 Å². The highest BCUT2D eigenvalue weighted by Gasteiger charge is 2.19. The first-order chi connectivity index (χ1) is 9.53. The van der Waals surface area contributed by atoms with Crippen LogP contribution in [0.2, 0.25) is 0 Å². The molecule has 0 aromatic heterocycles. The van der Waals surface area contributed by atoms with Crippen molar-refractivity contribution < 1.29 is 13.2 Å². The Balaban J connectivity index is 2.04. The molecule has 0 spiro atoms. The highest BCUT2D eigenvalue weighted by Crippen LogP contribution is 2.28. The molecule has 0 radical (unpaired) electrons. The fraction of sp³-hybridized carbons (Fsp3) is 0.571. The van der Waals surface area contributed by atoms with E-state index in [-0.39, 0.29) is 4.90 Å². The number of rotatable bonds is 5. The third-order valence-corrected chi connectivity index (χ3v) is 5.76. The number of benzene rings is 1. The molecule has 0 bridgehead atoms. The van der Waals surface area contributed by atoms with Gasteiger partial charge in [-0.2, -0.15) is 0 Å². The van der Waals surface area contributed by atoms with Crippen molar-refractivity contribution >= 4 is 26.0 Å². The van der Waals surface area contributed by atoms with E-state index in [1.54, 1.807) is 25.3 Å². The van der Waals surface area contributed by atoms with Gasteiger partial charge in [-0.15, -0.1) is 0 Å². The minimum Gasteiger partial charge on any atom is -0.496 e. The number of hydrogen-bond donors (Lipinski definition) is 1. The predicted octanol–water partition coefficient (Wildman–Crippen LogP) is 3.32. The molecule has 112 valence electrons. The van der Waals surface area contributed by atoms with E-state index in [9.17, 15) is 8.42 Å². The van der Waals surface area contributed by atoms with Crippen LogP contribution in [0.3, 0.4) is 0 Å². The first-order valence-corrected chi connectivity index (χ1v) is 9.14. The SMILES string of the molecule is COc1ccc(S(=O)(=O)NCC2CCCCC2)cc1Br.